The number of rotatable bonds is 7. The Balaban J connectivity index is 2.03. The Labute approximate surface area is 146 Å². The highest BCUT2D eigenvalue weighted by Gasteiger charge is 2.19. The third-order valence-electron chi connectivity index (χ3n) is 3.41. The number of hydrogen-bond donors (Lipinski definition) is 2. The van der Waals surface area contributed by atoms with Crippen LogP contribution in [0.5, 0.6) is 5.75 Å². The first-order valence-corrected chi connectivity index (χ1v) is 8.84. The highest BCUT2D eigenvalue weighted by Crippen LogP contribution is 2.26. The van der Waals surface area contributed by atoms with Crippen LogP contribution in [0.3, 0.4) is 0 Å². The Bertz CT molecular complexity index is 697. The van der Waals surface area contributed by atoms with Crippen molar-refractivity contribution in [1.29, 1.82) is 0 Å². The third-order valence-corrected chi connectivity index (χ3v) is 4.33. The predicted octanol–water partition coefficient (Wildman–Crippen LogP) is 3.55. The quantitative estimate of drug-likeness (QED) is 0.803. The first-order chi connectivity index (χ1) is 11.4. The molecular weight excluding hydrogens is 324 g/mol. The second kappa shape index (κ2) is 8.26. The predicted molar refractivity (Wildman–Crippen MR) is 96.5 cm³/mol. The van der Waals surface area contributed by atoms with E-state index in [-0.39, 0.29) is 12.5 Å². The normalized spacial score (nSPS) is 12.2. The molecule has 0 saturated heterocycles. The highest BCUT2D eigenvalue weighted by molar-refractivity contribution is 7.16. The lowest BCUT2D eigenvalue weighted by atomic mass is 10.1. The van der Waals surface area contributed by atoms with Gasteiger partial charge in [-0.1, -0.05) is 26.0 Å². The van der Waals surface area contributed by atoms with Crippen LogP contribution in [0.1, 0.15) is 37.0 Å². The van der Waals surface area contributed by atoms with Crippen molar-refractivity contribution < 1.29 is 14.6 Å². The molecule has 1 heterocycles. The third kappa shape index (κ3) is 5.04. The van der Waals surface area contributed by atoms with Crippen molar-refractivity contribution in [2.45, 2.75) is 46.8 Å². The summed E-state index contributed by atoms with van der Waals surface area (Å²) in [5.41, 5.74) is 1.67. The van der Waals surface area contributed by atoms with Gasteiger partial charge in [0.2, 0.25) is 0 Å². The second-order valence-corrected chi connectivity index (χ2v) is 7.36. The number of aryl methyl sites for hydroxylation is 1. The van der Waals surface area contributed by atoms with Gasteiger partial charge < -0.3 is 15.2 Å². The summed E-state index contributed by atoms with van der Waals surface area (Å²) in [6.07, 6.45) is 0.182. The van der Waals surface area contributed by atoms with Crippen LogP contribution < -0.4 is 10.1 Å². The maximum atomic E-state index is 12.4. The number of carbonyl (C=O) groups is 1. The van der Waals surface area contributed by atoms with E-state index in [1.807, 2.05) is 6.92 Å². The average molecular weight is 348 g/mol. The molecular formula is C18H24N2O3S. The van der Waals surface area contributed by atoms with E-state index in [2.05, 4.69) is 24.1 Å². The van der Waals surface area contributed by atoms with Crippen molar-refractivity contribution in [3.63, 3.8) is 0 Å². The Morgan fingerprint density at radius 1 is 1.38 bits per heavy atom. The Morgan fingerprint density at radius 3 is 2.79 bits per heavy atom. The van der Waals surface area contributed by atoms with E-state index in [0.717, 1.165) is 27.7 Å². The number of thiazole rings is 1. The summed E-state index contributed by atoms with van der Waals surface area (Å²) >= 11 is 1.48. The number of carbonyl (C=O) groups excluding carboxylic acids is 1. The molecule has 1 amide bonds. The number of hydrogen-bond acceptors (Lipinski definition) is 5. The van der Waals surface area contributed by atoms with Gasteiger partial charge in [-0.15, -0.1) is 11.3 Å². The zero-order valence-electron chi connectivity index (χ0n) is 14.5. The Hall–Kier alpha value is -1.92. The van der Waals surface area contributed by atoms with Gasteiger partial charge in [0.05, 0.1) is 17.3 Å². The van der Waals surface area contributed by atoms with Gasteiger partial charge in [0.15, 0.2) is 6.10 Å². The Kier molecular flexibility index (Phi) is 6.34. The minimum absolute atomic E-state index is 0.0590. The number of benzene rings is 1. The van der Waals surface area contributed by atoms with Crippen LogP contribution in [0.25, 0.3) is 0 Å². The summed E-state index contributed by atoms with van der Waals surface area (Å²) in [5, 5.41) is 13.8. The van der Waals surface area contributed by atoms with Gasteiger partial charge in [0, 0.05) is 0 Å². The van der Waals surface area contributed by atoms with Crippen LogP contribution in [-0.2, 0) is 17.8 Å². The standard InChI is InChI=1S/C18H24N2O3S/c1-11(2)8-16-18(24-13(4)19-16)20-17(22)12(3)23-15-7-5-6-14(9-15)10-21/h5-7,9,11-12,21H,8,10H2,1-4H3,(H,20,22). The van der Waals surface area contributed by atoms with Crippen LogP contribution >= 0.6 is 11.3 Å². The maximum Gasteiger partial charge on any atom is 0.265 e. The lowest BCUT2D eigenvalue weighted by Gasteiger charge is -2.15. The van der Waals surface area contributed by atoms with E-state index in [0.29, 0.717) is 11.7 Å². The van der Waals surface area contributed by atoms with E-state index < -0.39 is 6.10 Å². The number of amides is 1. The van der Waals surface area contributed by atoms with Gasteiger partial charge in [0.1, 0.15) is 10.8 Å². The lowest BCUT2D eigenvalue weighted by molar-refractivity contribution is -0.122. The SMILES string of the molecule is Cc1nc(CC(C)C)c(NC(=O)C(C)Oc2cccc(CO)c2)s1. The zero-order chi connectivity index (χ0) is 17.7. The summed E-state index contributed by atoms with van der Waals surface area (Å²) < 4.78 is 5.68. The number of nitrogens with one attached hydrogen (secondary N) is 1. The summed E-state index contributed by atoms with van der Waals surface area (Å²) in [6, 6.07) is 7.09. The maximum absolute atomic E-state index is 12.4. The van der Waals surface area contributed by atoms with Gasteiger partial charge in [0.25, 0.3) is 5.91 Å². The molecule has 5 nitrogen and oxygen atoms in total. The molecule has 1 aromatic carbocycles. The van der Waals surface area contributed by atoms with Crippen molar-refractivity contribution >= 4 is 22.2 Å². The lowest BCUT2D eigenvalue weighted by Crippen LogP contribution is -2.30. The number of aliphatic hydroxyl groups is 1. The molecule has 6 heteroatoms. The van der Waals surface area contributed by atoms with E-state index in [1.54, 1.807) is 31.2 Å². The fourth-order valence-electron chi connectivity index (χ4n) is 2.28. The number of aromatic nitrogens is 1. The molecule has 0 saturated carbocycles. The molecule has 0 bridgehead atoms. The largest absolute Gasteiger partial charge is 0.481 e. The van der Waals surface area contributed by atoms with Gasteiger partial charge in [-0.05, 0) is 43.9 Å². The van der Waals surface area contributed by atoms with Crippen LogP contribution in [-0.4, -0.2) is 22.1 Å². The topological polar surface area (TPSA) is 71.5 Å². The molecule has 0 radical (unpaired) electrons. The molecule has 0 aliphatic carbocycles. The summed E-state index contributed by atoms with van der Waals surface area (Å²) in [7, 11) is 0. The van der Waals surface area contributed by atoms with Crippen LogP contribution in [0, 0.1) is 12.8 Å². The second-order valence-electron chi connectivity index (χ2n) is 6.16. The molecule has 1 aromatic heterocycles. The minimum Gasteiger partial charge on any atom is -0.481 e. The molecule has 1 unspecified atom stereocenters. The van der Waals surface area contributed by atoms with Crippen molar-refractivity contribution in [3.8, 4) is 5.75 Å². The fraction of sp³-hybridized carbons (Fsp3) is 0.444. The smallest absolute Gasteiger partial charge is 0.265 e. The van der Waals surface area contributed by atoms with Crippen molar-refractivity contribution in [2.24, 2.45) is 5.92 Å². The molecule has 0 aliphatic rings. The van der Waals surface area contributed by atoms with Gasteiger partial charge in [-0.3, -0.25) is 4.79 Å². The van der Waals surface area contributed by atoms with E-state index in [4.69, 9.17) is 9.84 Å². The molecule has 2 aromatic rings. The number of ether oxygens (including phenoxy) is 1. The number of anilines is 1. The van der Waals surface area contributed by atoms with Crippen LogP contribution in [0.15, 0.2) is 24.3 Å². The molecule has 24 heavy (non-hydrogen) atoms. The first-order valence-electron chi connectivity index (χ1n) is 8.02. The minimum atomic E-state index is -0.645. The van der Waals surface area contributed by atoms with Crippen LogP contribution in [0.4, 0.5) is 5.00 Å². The number of aliphatic hydroxyl groups excluding tert-OH is 1. The summed E-state index contributed by atoms with van der Waals surface area (Å²) in [5.74, 6) is 0.821. The Morgan fingerprint density at radius 2 is 2.12 bits per heavy atom. The zero-order valence-corrected chi connectivity index (χ0v) is 15.3. The summed E-state index contributed by atoms with van der Waals surface area (Å²) in [4.78, 5) is 16.9. The molecule has 130 valence electrons. The highest BCUT2D eigenvalue weighted by atomic mass is 32.1. The molecule has 2 N–H and O–H groups in total. The van der Waals surface area contributed by atoms with E-state index in [9.17, 15) is 4.79 Å². The first kappa shape index (κ1) is 18.4. The molecule has 0 fully saturated rings. The van der Waals surface area contributed by atoms with Crippen molar-refractivity contribution in [3.05, 3.63) is 40.5 Å². The van der Waals surface area contributed by atoms with Crippen LogP contribution in [0.2, 0.25) is 0 Å². The molecule has 0 aliphatic heterocycles. The molecule has 0 spiro atoms. The van der Waals surface area contributed by atoms with Gasteiger partial charge in [-0.25, -0.2) is 4.98 Å². The summed E-state index contributed by atoms with van der Waals surface area (Å²) in [6.45, 7) is 7.83. The van der Waals surface area contributed by atoms with Gasteiger partial charge >= 0.3 is 0 Å². The fourth-order valence-corrected chi connectivity index (χ4v) is 3.13. The van der Waals surface area contributed by atoms with Gasteiger partial charge in [-0.2, -0.15) is 0 Å². The molecule has 1 atom stereocenters. The number of nitrogens with zero attached hydrogens (tertiary/aromatic N) is 1. The monoisotopic (exact) mass is 348 g/mol. The van der Waals surface area contributed by atoms with Crippen molar-refractivity contribution in [2.75, 3.05) is 5.32 Å². The average Bonchev–Trinajstić information content (AvgIpc) is 2.85. The van der Waals surface area contributed by atoms with E-state index >= 15 is 0 Å². The van der Waals surface area contributed by atoms with E-state index in [1.165, 1.54) is 11.3 Å². The molecule has 2 rings (SSSR count). The van der Waals surface area contributed by atoms with Crippen molar-refractivity contribution in [1.82, 2.24) is 4.98 Å².